The van der Waals surface area contributed by atoms with E-state index in [0.29, 0.717) is 22.5 Å². The maximum absolute atomic E-state index is 13.6. The summed E-state index contributed by atoms with van der Waals surface area (Å²) in [5, 5.41) is 12.0. The van der Waals surface area contributed by atoms with Gasteiger partial charge in [0, 0.05) is 10.9 Å². The summed E-state index contributed by atoms with van der Waals surface area (Å²) in [4.78, 5) is 29.6. The van der Waals surface area contributed by atoms with Crippen molar-refractivity contribution in [3.63, 3.8) is 0 Å². The SMILES string of the molecule is CCn1ncc(Cn2c(=O)n(C3CCNCC3)c(=O)c3sc(-c4ccccc4)cc32)n1. The lowest BCUT2D eigenvalue weighted by molar-refractivity contribution is 0.346. The molecule has 0 aliphatic carbocycles. The van der Waals surface area contributed by atoms with Crippen LogP contribution in [-0.4, -0.2) is 37.2 Å². The number of nitrogens with one attached hydrogen (secondary N) is 1. The molecule has 1 fully saturated rings. The number of benzene rings is 1. The summed E-state index contributed by atoms with van der Waals surface area (Å²) in [7, 11) is 0. The number of fused-ring (bicyclic) bond motifs is 1. The maximum atomic E-state index is 13.6. The minimum absolute atomic E-state index is 0.0921. The number of hydrogen-bond donors (Lipinski definition) is 1. The highest BCUT2D eigenvalue weighted by atomic mass is 32.1. The van der Waals surface area contributed by atoms with Gasteiger partial charge in [-0.15, -0.1) is 11.3 Å². The third-order valence-corrected chi connectivity index (χ3v) is 6.93. The molecule has 0 spiro atoms. The molecule has 160 valence electrons. The Balaban J connectivity index is 1.72. The Labute approximate surface area is 182 Å². The van der Waals surface area contributed by atoms with E-state index in [-0.39, 0.29) is 23.8 Å². The van der Waals surface area contributed by atoms with Crippen LogP contribution < -0.4 is 16.6 Å². The standard InChI is InChI=1S/C22H24N6O2S/c1-2-27-24-13-16(25-27)14-26-18-12-19(15-6-4-3-5-7-15)31-20(18)21(29)28(22(26)30)17-8-10-23-11-9-17/h3-7,12-13,17,23H,2,8-11,14H2,1H3. The van der Waals surface area contributed by atoms with E-state index in [0.717, 1.165) is 36.4 Å². The summed E-state index contributed by atoms with van der Waals surface area (Å²) in [6.45, 7) is 4.52. The molecule has 0 radical (unpaired) electrons. The molecule has 0 saturated carbocycles. The van der Waals surface area contributed by atoms with Crippen LogP contribution in [0.15, 0.2) is 52.2 Å². The number of aromatic nitrogens is 5. The van der Waals surface area contributed by atoms with Gasteiger partial charge in [0.1, 0.15) is 10.4 Å². The Morgan fingerprint density at radius 1 is 1.16 bits per heavy atom. The van der Waals surface area contributed by atoms with E-state index in [1.54, 1.807) is 15.6 Å². The van der Waals surface area contributed by atoms with Crippen LogP contribution >= 0.6 is 11.3 Å². The fourth-order valence-electron chi connectivity index (χ4n) is 4.17. The highest BCUT2D eigenvalue weighted by Gasteiger charge is 2.24. The molecule has 1 aliphatic rings. The summed E-state index contributed by atoms with van der Waals surface area (Å²) >= 11 is 1.45. The maximum Gasteiger partial charge on any atom is 0.332 e. The van der Waals surface area contributed by atoms with Gasteiger partial charge >= 0.3 is 5.69 Å². The molecular formula is C22H24N6O2S. The molecule has 0 amide bonds. The van der Waals surface area contributed by atoms with Gasteiger partial charge in [-0.25, -0.2) is 4.79 Å². The topological polar surface area (TPSA) is 86.7 Å². The van der Waals surface area contributed by atoms with Gasteiger partial charge in [-0.05, 0) is 44.5 Å². The number of piperidine rings is 1. The van der Waals surface area contributed by atoms with Crippen molar-refractivity contribution < 1.29 is 0 Å². The van der Waals surface area contributed by atoms with E-state index in [4.69, 9.17) is 0 Å². The Morgan fingerprint density at radius 3 is 2.65 bits per heavy atom. The van der Waals surface area contributed by atoms with Crippen molar-refractivity contribution >= 4 is 21.6 Å². The highest BCUT2D eigenvalue weighted by molar-refractivity contribution is 7.22. The third kappa shape index (κ3) is 3.64. The summed E-state index contributed by atoms with van der Waals surface area (Å²) in [6, 6.07) is 11.8. The van der Waals surface area contributed by atoms with Gasteiger partial charge in [-0.2, -0.15) is 15.0 Å². The second-order valence-electron chi connectivity index (χ2n) is 7.74. The van der Waals surface area contributed by atoms with Crippen molar-refractivity contribution in [2.75, 3.05) is 13.1 Å². The summed E-state index contributed by atoms with van der Waals surface area (Å²) in [5.74, 6) is 0. The van der Waals surface area contributed by atoms with E-state index in [1.807, 2.05) is 43.3 Å². The fourth-order valence-corrected chi connectivity index (χ4v) is 5.27. The molecule has 1 saturated heterocycles. The molecule has 4 aromatic rings. The largest absolute Gasteiger partial charge is 0.332 e. The number of rotatable bonds is 5. The van der Waals surface area contributed by atoms with Gasteiger partial charge < -0.3 is 5.32 Å². The molecule has 0 atom stereocenters. The van der Waals surface area contributed by atoms with Crippen LogP contribution in [0.5, 0.6) is 0 Å². The molecule has 0 unspecified atom stereocenters. The van der Waals surface area contributed by atoms with Gasteiger partial charge in [0.15, 0.2) is 0 Å². The number of nitrogens with zero attached hydrogens (tertiary/aromatic N) is 5. The molecule has 31 heavy (non-hydrogen) atoms. The van der Waals surface area contributed by atoms with Gasteiger partial charge in [-0.3, -0.25) is 13.9 Å². The molecule has 0 bridgehead atoms. The minimum Gasteiger partial charge on any atom is -0.317 e. The zero-order valence-corrected chi connectivity index (χ0v) is 18.1. The van der Waals surface area contributed by atoms with Crippen LogP contribution in [0.2, 0.25) is 0 Å². The van der Waals surface area contributed by atoms with E-state index in [9.17, 15) is 9.59 Å². The summed E-state index contributed by atoms with van der Waals surface area (Å²) < 4.78 is 3.77. The fraction of sp³-hybridized carbons (Fsp3) is 0.364. The van der Waals surface area contributed by atoms with Gasteiger partial charge in [0.05, 0.1) is 24.8 Å². The molecular weight excluding hydrogens is 412 g/mol. The molecule has 1 aliphatic heterocycles. The zero-order valence-electron chi connectivity index (χ0n) is 17.3. The zero-order chi connectivity index (χ0) is 21.4. The van der Waals surface area contributed by atoms with Crippen molar-refractivity contribution in [2.45, 2.75) is 38.9 Å². The van der Waals surface area contributed by atoms with Crippen LogP contribution in [0.4, 0.5) is 0 Å². The first-order valence-corrected chi connectivity index (χ1v) is 11.4. The normalized spacial score (nSPS) is 15.0. The quantitative estimate of drug-likeness (QED) is 0.519. The van der Waals surface area contributed by atoms with Crippen LogP contribution in [0, 0.1) is 0 Å². The van der Waals surface area contributed by atoms with Crippen LogP contribution in [0.1, 0.15) is 31.5 Å². The van der Waals surface area contributed by atoms with Gasteiger partial charge in [-0.1, -0.05) is 30.3 Å². The molecule has 1 N–H and O–H groups in total. The smallest absolute Gasteiger partial charge is 0.317 e. The third-order valence-electron chi connectivity index (χ3n) is 5.77. The molecule has 8 nitrogen and oxygen atoms in total. The number of hydrogen-bond acceptors (Lipinski definition) is 6. The van der Waals surface area contributed by atoms with E-state index >= 15 is 0 Å². The summed E-state index contributed by atoms with van der Waals surface area (Å²) in [6.07, 6.45) is 3.22. The predicted octanol–water partition coefficient (Wildman–Crippen LogP) is 2.48. The first-order chi connectivity index (χ1) is 15.2. The second kappa shape index (κ2) is 8.24. The van der Waals surface area contributed by atoms with Crippen molar-refractivity contribution in [2.24, 2.45) is 0 Å². The van der Waals surface area contributed by atoms with E-state index in [1.165, 1.54) is 15.9 Å². The Hall–Kier alpha value is -3.04. The van der Waals surface area contributed by atoms with E-state index < -0.39 is 0 Å². The van der Waals surface area contributed by atoms with Gasteiger partial charge in [0.2, 0.25) is 0 Å². The first-order valence-electron chi connectivity index (χ1n) is 10.6. The van der Waals surface area contributed by atoms with Crippen LogP contribution in [0.3, 0.4) is 0 Å². The highest BCUT2D eigenvalue weighted by Crippen LogP contribution is 2.31. The Kier molecular flexibility index (Phi) is 5.29. The average Bonchev–Trinajstić information content (AvgIpc) is 3.45. The molecule has 9 heteroatoms. The Morgan fingerprint density at radius 2 is 1.94 bits per heavy atom. The van der Waals surface area contributed by atoms with Crippen molar-refractivity contribution in [3.8, 4) is 10.4 Å². The lowest BCUT2D eigenvalue weighted by Crippen LogP contribution is -2.45. The molecule has 3 aromatic heterocycles. The monoisotopic (exact) mass is 436 g/mol. The van der Waals surface area contributed by atoms with Crippen LogP contribution in [-0.2, 0) is 13.1 Å². The van der Waals surface area contributed by atoms with E-state index in [2.05, 4.69) is 15.5 Å². The number of thiophene rings is 1. The van der Waals surface area contributed by atoms with Crippen molar-refractivity contribution in [3.05, 3.63) is 69.1 Å². The average molecular weight is 437 g/mol. The lowest BCUT2D eigenvalue weighted by atomic mass is 10.1. The summed E-state index contributed by atoms with van der Waals surface area (Å²) in [5.41, 5.74) is 1.94. The first kappa shape index (κ1) is 19.9. The van der Waals surface area contributed by atoms with Crippen LogP contribution in [0.25, 0.3) is 20.7 Å². The predicted molar refractivity (Wildman–Crippen MR) is 122 cm³/mol. The minimum atomic E-state index is -0.270. The second-order valence-corrected chi connectivity index (χ2v) is 8.79. The molecule has 4 heterocycles. The molecule has 5 rings (SSSR count). The van der Waals surface area contributed by atoms with Crippen molar-refractivity contribution in [1.82, 2.24) is 29.4 Å². The lowest BCUT2D eigenvalue weighted by Gasteiger charge is -2.24. The number of aryl methyl sites for hydroxylation is 1. The Bertz CT molecular complexity index is 1330. The molecule has 1 aromatic carbocycles. The van der Waals surface area contributed by atoms with Crippen molar-refractivity contribution in [1.29, 1.82) is 0 Å². The van der Waals surface area contributed by atoms with Gasteiger partial charge in [0.25, 0.3) is 5.56 Å².